The Morgan fingerprint density at radius 2 is 2.08 bits per heavy atom. The molecule has 2 N–H and O–H groups in total. The van der Waals surface area contributed by atoms with Crippen molar-refractivity contribution in [2.45, 2.75) is 52.4 Å². The molecule has 1 saturated heterocycles. The highest BCUT2D eigenvalue weighted by molar-refractivity contribution is 5.91. The lowest BCUT2D eigenvalue weighted by atomic mass is 9.84. The minimum Gasteiger partial charge on any atom is -0.338 e. The number of piperidine rings is 1. The number of aryl methyl sites for hydroxylation is 1. The monoisotopic (exact) mass is 331 g/mol. The number of carbonyl (C=O) groups is 1. The van der Waals surface area contributed by atoms with Gasteiger partial charge < -0.3 is 15.5 Å². The fourth-order valence-electron chi connectivity index (χ4n) is 3.52. The second kappa shape index (κ2) is 8.02. The molecule has 1 heterocycles. The molecule has 1 aliphatic heterocycles. The predicted molar refractivity (Wildman–Crippen MR) is 102 cm³/mol. The predicted octanol–water partition coefficient (Wildman–Crippen LogP) is 4.15. The molecule has 2 amide bonds. The van der Waals surface area contributed by atoms with Crippen LogP contribution in [0.25, 0.3) is 0 Å². The fraction of sp³-hybridized carbons (Fsp3) is 0.650. The summed E-state index contributed by atoms with van der Waals surface area (Å²) in [6.07, 6.45) is 3.60. The van der Waals surface area contributed by atoms with Crippen molar-refractivity contribution >= 4 is 11.7 Å². The Kier molecular flexibility index (Phi) is 6.27. The average molecular weight is 332 g/mol. The van der Waals surface area contributed by atoms with Gasteiger partial charge >= 0.3 is 6.03 Å². The van der Waals surface area contributed by atoms with Gasteiger partial charge in [-0.2, -0.15) is 0 Å². The van der Waals surface area contributed by atoms with E-state index >= 15 is 0 Å². The van der Waals surface area contributed by atoms with Crippen molar-refractivity contribution in [2.75, 3.05) is 32.0 Å². The van der Waals surface area contributed by atoms with Crippen LogP contribution in [-0.4, -0.2) is 37.6 Å². The second-order valence-electron chi connectivity index (χ2n) is 8.19. The zero-order valence-electron chi connectivity index (χ0n) is 15.9. The Hall–Kier alpha value is -1.55. The first kappa shape index (κ1) is 18.8. The summed E-state index contributed by atoms with van der Waals surface area (Å²) in [6.45, 7) is 11.6. The number of amides is 2. The minimum atomic E-state index is -0.0982. The van der Waals surface area contributed by atoms with Gasteiger partial charge in [-0.05, 0) is 62.2 Å². The van der Waals surface area contributed by atoms with Crippen LogP contribution < -0.4 is 10.6 Å². The highest BCUT2D eigenvalue weighted by Crippen LogP contribution is 2.31. The number of anilines is 1. The third-order valence-corrected chi connectivity index (χ3v) is 4.88. The average Bonchev–Trinajstić information content (AvgIpc) is 2.48. The maximum Gasteiger partial charge on any atom is 0.319 e. The molecule has 0 spiro atoms. The number of rotatable bonds is 4. The molecule has 1 aromatic carbocycles. The van der Waals surface area contributed by atoms with Gasteiger partial charge in [0.25, 0.3) is 0 Å². The van der Waals surface area contributed by atoms with Gasteiger partial charge in [-0.1, -0.05) is 39.0 Å². The van der Waals surface area contributed by atoms with Crippen LogP contribution >= 0.6 is 0 Å². The molecule has 1 aliphatic rings. The number of urea groups is 1. The van der Waals surface area contributed by atoms with Crippen molar-refractivity contribution in [1.29, 1.82) is 0 Å². The quantitative estimate of drug-likeness (QED) is 0.870. The van der Waals surface area contributed by atoms with E-state index in [4.69, 9.17) is 0 Å². The summed E-state index contributed by atoms with van der Waals surface area (Å²) in [4.78, 5) is 14.7. The number of nitrogens with one attached hydrogen (secondary N) is 2. The third kappa shape index (κ3) is 5.23. The van der Waals surface area contributed by atoms with E-state index in [1.54, 1.807) is 0 Å². The molecule has 4 heteroatoms. The summed E-state index contributed by atoms with van der Waals surface area (Å²) in [5.74, 6) is 0.702. The normalized spacial score (nSPS) is 19.1. The molecule has 0 radical (unpaired) electrons. The molecule has 0 bridgehead atoms. The van der Waals surface area contributed by atoms with Crippen molar-refractivity contribution in [3.8, 4) is 0 Å². The van der Waals surface area contributed by atoms with Crippen LogP contribution in [0.15, 0.2) is 18.2 Å². The Morgan fingerprint density at radius 3 is 2.75 bits per heavy atom. The minimum absolute atomic E-state index is 0.00130. The first-order valence-corrected chi connectivity index (χ1v) is 9.11. The molecule has 1 aromatic rings. The van der Waals surface area contributed by atoms with Gasteiger partial charge in [0.1, 0.15) is 0 Å². The summed E-state index contributed by atoms with van der Waals surface area (Å²) in [7, 11) is 2.18. The molecule has 134 valence electrons. The largest absolute Gasteiger partial charge is 0.338 e. The number of hydrogen-bond acceptors (Lipinski definition) is 2. The molecule has 4 nitrogen and oxygen atoms in total. The van der Waals surface area contributed by atoms with E-state index in [1.165, 1.54) is 24.9 Å². The molecule has 1 atom stereocenters. The maximum absolute atomic E-state index is 12.3. The Balaban J connectivity index is 1.89. The number of nitrogens with zero attached hydrogens (tertiary/aromatic N) is 1. The van der Waals surface area contributed by atoms with Gasteiger partial charge in [0.15, 0.2) is 0 Å². The number of hydrogen-bond donors (Lipinski definition) is 2. The van der Waals surface area contributed by atoms with E-state index in [9.17, 15) is 4.79 Å². The van der Waals surface area contributed by atoms with Crippen LogP contribution in [-0.2, 0) is 5.41 Å². The van der Waals surface area contributed by atoms with Gasteiger partial charge in [0, 0.05) is 18.8 Å². The highest BCUT2D eigenvalue weighted by atomic mass is 16.2. The van der Waals surface area contributed by atoms with Crippen LogP contribution in [0.2, 0.25) is 0 Å². The number of benzene rings is 1. The summed E-state index contributed by atoms with van der Waals surface area (Å²) in [6, 6.07) is 6.10. The topological polar surface area (TPSA) is 44.4 Å². The van der Waals surface area contributed by atoms with E-state index in [0.717, 1.165) is 30.8 Å². The van der Waals surface area contributed by atoms with Crippen LogP contribution in [0.3, 0.4) is 0 Å². The van der Waals surface area contributed by atoms with Gasteiger partial charge in [-0.3, -0.25) is 0 Å². The number of para-hydroxylation sites is 1. The summed E-state index contributed by atoms with van der Waals surface area (Å²) in [5, 5.41) is 6.10. The molecule has 24 heavy (non-hydrogen) atoms. The third-order valence-electron chi connectivity index (χ3n) is 4.88. The van der Waals surface area contributed by atoms with Crippen molar-refractivity contribution in [1.82, 2.24) is 10.2 Å². The van der Waals surface area contributed by atoms with Crippen LogP contribution in [0, 0.1) is 12.8 Å². The molecule has 0 unspecified atom stereocenters. The SMILES string of the molecule is Cc1cccc(C(C)(C)C)c1NC(=O)NCC[C@@H]1CCCN(C)C1. The first-order chi connectivity index (χ1) is 11.3. The molecule has 0 saturated carbocycles. The van der Waals surface area contributed by atoms with E-state index < -0.39 is 0 Å². The van der Waals surface area contributed by atoms with E-state index in [-0.39, 0.29) is 11.4 Å². The van der Waals surface area contributed by atoms with E-state index in [1.807, 2.05) is 13.0 Å². The summed E-state index contributed by atoms with van der Waals surface area (Å²) < 4.78 is 0. The van der Waals surface area contributed by atoms with Gasteiger partial charge in [-0.25, -0.2) is 4.79 Å². The zero-order chi connectivity index (χ0) is 17.7. The number of likely N-dealkylation sites (tertiary alicyclic amines) is 1. The molecular weight excluding hydrogens is 298 g/mol. The Bertz CT molecular complexity index is 562. The zero-order valence-corrected chi connectivity index (χ0v) is 15.9. The lowest BCUT2D eigenvalue weighted by Gasteiger charge is -2.29. The summed E-state index contributed by atoms with van der Waals surface area (Å²) >= 11 is 0. The van der Waals surface area contributed by atoms with E-state index in [2.05, 4.69) is 55.5 Å². The van der Waals surface area contributed by atoms with Crippen molar-refractivity contribution in [3.63, 3.8) is 0 Å². The standard InChI is InChI=1S/C20H33N3O/c1-15-8-6-10-17(20(2,3)4)18(15)22-19(24)21-12-11-16-9-7-13-23(5)14-16/h6,8,10,16H,7,9,11-14H2,1-5H3,(H2,21,22,24)/t16-/m0/s1. The van der Waals surface area contributed by atoms with E-state index in [0.29, 0.717) is 5.92 Å². The fourth-order valence-corrected chi connectivity index (χ4v) is 3.52. The molecule has 2 rings (SSSR count). The van der Waals surface area contributed by atoms with Crippen molar-refractivity contribution in [3.05, 3.63) is 29.3 Å². The smallest absolute Gasteiger partial charge is 0.319 e. The van der Waals surface area contributed by atoms with Crippen LogP contribution in [0.5, 0.6) is 0 Å². The first-order valence-electron chi connectivity index (χ1n) is 9.11. The van der Waals surface area contributed by atoms with Crippen LogP contribution in [0.4, 0.5) is 10.5 Å². The Labute approximate surface area is 147 Å². The van der Waals surface area contributed by atoms with Crippen molar-refractivity contribution in [2.24, 2.45) is 5.92 Å². The number of carbonyl (C=O) groups excluding carboxylic acids is 1. The second-order valence-corrected chi connectivity index (χ2v) is 8.19. The lowest BCUT2D eigenvalue weighted by Crippen LogP contribution is -2.36. The van der Waals surface area contributed by atoms with Gasteiger partial charge in [-0.15, -0.1) is 0 Å². The van der Waals surface area contributed by atoms with Gasteiger partial charge in [0.05, 0.1) is 0 Å². The highest BCUT2D eigenvalue weighted by Gasteiger charge is 2.21. The van der Waals surface area contributed by atoms with Gasteiger partial charge in [0.2, 0.25) is 0 Å². The summed E-state index contributed by atoms with van der Waals surface area (Å²) in [5.41, 5.74) is 3.22. The van der Waals surface area contributed by atoms with Crippen LogP contribution in [0.1, 0.15) is 51.2 Å². The molecule has 1 fully saturated rings. The lowest BCUT2D eigenvalue weighted by molar-refractivity contribution is 0.201. The Morgan fingerprint density at radius 1 is 1.33 bits per heavy atom. The maximum atomic E-state index is 12.3. The molecule has 0 aliphatic carbocycles. The molecule has 0 aromatic heterocycles. The molecular formula is C20H33N3O. The van der Waals surface area contributed by atoms with Crippen molar-refractivity contribution < 1.29 is 4.79 Å².